The zero-order chi connectivity index (χ0) is 33.4. The van der Waals surface area contributed by atoms with Gasteiger partial charge in [0, 0.05) is 69.4 Å². The van der Waals surface area contributed by atoms with Crippen molar-refractivity contribution in [2.75, 3.05) is 44.2 Å². The quantitative estimate of drug-likeness (QED) is 0.255. The van der Waals surface area contributed by atoms with Gasteiger partial charge in [-0.1, -0.05) is 10.4 Å². The third kappa shape index (κ3) is 6.25. The van der Waals surface area contributed by atoms with Crippen LogP contribution in [0.1, 0.15) is 47.8 Å². The minimum absolute atomic E-state index is 0.0651. The predicted molar refractivity (Wildman–Crippen MR) is 172 cm³/mol. The molecule has 2 aromatic carbocycles. The predicted octanol–water partition coefficient (Wildman–Crippen LogP) is 0.00960. The summed E-state index contributed by atoms with van der Waals surface area (Å²) < 4.78 is 2.73. The minimum Gasteiger partial charge on any atom is -0.371 e. The third-order valence-corrected chi connectivity index (χ3v) is 9.41. The average Bonchev–Trinajstić information content (AvgIpc) is 3.57. The summed E-state index contributed by atoms with van der Waals surface area (Å²) >= 11 is 0. The zero-order valence-corrected chi connectivity index (χ0v) is 26.2. The maximum atomic E-state index is 13.5. The van der Waals surface area contributed by atoms with Crippen molar-refractivity contribution in [2.24, 2.45) is 11.7 Å². The van der Waals surface area contributed by atoms with Crippen LogP contribution >= 0.6 is 0 Å². The second-order valence-corrected chi connectivity index (χ2v) is 12.4. The number of nitrogens with one attached hydrogen (secondary N) is 1. The SMILES string of the molecule is NC(=O)c1ccc(-n2cc(CN3CCN(C(=O)C4CCN(c5ccc6nnn(C7CCC(=O)NC7=O)c(=O)c6c5)CC4)CC3)nn2)cc1. The molecule has 2 aromatic heterocycles. The average molecular weight is 654 g/mol. The number of hydrogen-bond acceptors (Lipinski definition) is 11. The summed E-state index contributed by atoms with van der Waals surface area (Å²) in [6, 6.07) is 11.4. The number of nitrogens with two attached hydrogens (primary N) is 1. The third-order valence-electron chi connectivity index (χ3n) is 9.41. The molecule has 3 fully saturated rings. The van der Waals surface area contributed by atoms with Crippen LogP contribution in [0.4, 0.5) is 5.69 Å². The lowest BCUT2D eigenvalue weighted by molar-refractivity contribution is -0.138. The highest BCUT2D eigenvalue weighted by atomic mass is 16.2. The second kappa shape index (κ2) is 12.9. The van der Waals surface area contributed by atoms with E-state index in [1.54, 1.807) is 41.1 Å². The molecule has 48 heavy (non-hydrogen) atoms. The molecule has 4 aromatic rings. The van der Waals surface area contributed by atoms with Crippen molar-refractivity contribution >= 4 is 40.2 Å². The summed E-state index contributed by atoms with van der Waals surface area (Å²) in [4.78, 5) is 68.4. The summed E-state index contributed by atoms with van der Waals surface area (Å²) in [7, 11) is 0. The summed E-state index contributed by atoms with van der Waals surface area (Å²) in [5, 5.41) is 19.2. The summed E-state index contributed by atoms with van der Waals surface area (Å²) in [5.41, 5.74) is 8.20. The van der Waals surface area contributed by atoms with Crippen LogP contribution in [0.2, 0.25) is 0 Å². The van der Waals surface area contributed by atoms with Gasteiger partial charge < -0.3 is 15.5 Å². The molecule has 4 amide bonds. The fourth-order valence-corrected chi connectivity index (χ4v) is 6.63. The first kappa shape index (κ1) is 31.1. The number of imide groups is 1. The Kier molecular flexibility index (Phi) is 8.39. The number of fused-ring (bicyclic) bond motifs is 1. The van der Waals surface area contributed by atoms with Gasteiger partial charge in [0.25, 0.3) is 11.5 Å². The topological polar surface area (TPSA) is 195 Å². The Bertz CT molecular complexity index is 1940. The van der Waals surface area contributed by atoms with Crippen LogP contribution < -0.4 is 21.5 Å². The first-order chi connectivity index (χ1) is 23.2. The Morgan fingerprint density at radius 3 is 2.29 bits per heavy atom. The number of primary amides is 1. The van der Waals surface area contributed by atoms with E-state index in [0.29, 0.717) is 62.0 Å². The summed E-state index contributed by atoms with van der Waals surface area (Å²) in [6.07, 6.45) is 3.60. The highest BCUT2D eigenvalue weighted by Crippen LogP contribution is 2.27. The van der Waals surface area contributed by atoms with Crippen molar-refractivity contribution < 1.29 is 19.2 Å². The molecule has 16 heteroatoms. The lowest BCUT2D eigenvalue weighted by atomic mass is 9.94. The van der Waals surface area contributed by atoms with Gasteiger partial charge in [-0.05, 0) is 61.7 Å². The second-order valence-electron chi connectivity index (χ2n) is 12.4. The number of rotatable bonds is 7. The van der Waals surface area contributed by atoms with E-state index in [-0.39, 0.29) is 30.6 Å². The van der Waals surface area contributed by atoms with Crippen LogP contribution in [-0.2, 0) is 20.9 Å². The first-order valence-electron chi connectivity index (χ1n) is 16.0. The van der Waals surface area contributed by atoms with E-state index in [1.165, 1.54) is 0 Å². The number of benzene rings is 2. The number of carbonyl (C=O) groups excluding carboxylic acids is 4. The van der Waals surface area contributed by atoms with Crippen molar-refractivity contribution in [1.29, 1.82) is 0 Å². The minimum atomic E-state index is -0.879. The standard InChI is InChI=1S/C32H35N11O5/c33-29(45)20-1-3-23(4-2-20)42-19-22(35-37-42)18-39-13-15-41(16-14-39)31(47)21-9-11-40(12-10-21)24-5-6-26-25(17-24)32(48)43(38-36-26)27-7-8-28(44)34-30(27)46/h1-6,17,19,21,27H,7-16,18H2,(H2,33,45)(H,34,44,46). The molecule has 3 N–H and O–H groups in total. The highest BCUT2D eigenvalue weighted by molar-refractivity contribution is 5.99. The molecular weight excluding hydrogens is 618 g/mol. The first-order valence-corrected chi connectivity index (χ1v) is 16.0. The molecule has 248 valence electrons. The molecule has 0 saturated carbocycles. The van der Waals surface area contributed by atoms with Crippen LogP contribution in [0.3, 0.4) is 0 Å². The van der Waals surface area contributed by atoms with E-state index < -0.39 is 23.4 Å². The molecule has 7 rings (SSSR count). The van der Waals surface area contributed by atoms with Crippen LogP contribution in [0.5, 0.6) is 0 Å². The normalized spacial score (nSPS) is 19.5. The maximum Gasteiger partial charge on any atom is 0.278 e. The lowest BCUT2D eigenvalue weighted by Crippen LogP contribution is -2.51. The van der Waals surface area contributed by atoms with Crippen LogP contribution in [0.15, 0.2) is 53.5 Å². The number of piperazine rings is 1. The molecule has 0 bridgehead atoms. The lowest BCUT2D eigenvalue weighted by Gasteiger charge is -2.39. The smallest absolute Gasteiger partial charge is 0.278 e. The fourth-order valence-electron chi connectivity index (χ4n) is 6.63. The van der Waals surface area contributed by atoms with E-state index in [9.17, 15) is 24.0 Å². The highest BCUT2D eigenvalue weighted by Gasteiger charge is 2.32. The molecule has 3 saturated heterocycles. The van der Waals surface area contributed by atoms with Crippen LogP contribution in [-0.4, -0.2) is 103 Å². The van der Waals surface area contributed by atoms with Gasteiger partial charge in [0.1, 0.15) is 11.6 Å². The molecule has 16 nitrogen and oxygen atoms in total. The largest absolute Gasteiger partial charge is 0.371 e. The van der Waals surface area contributed by atoms with Crippen LogP contribution in [0, 0.1) is 5.92 Å². The number of piperidine rings is 2. The summed E-state index contributed by atoms with van der Waals surface area (Å²) in [5.74, 6) is -1.28. The van der Waals surface area contributed by atoms with Crippen molar-refractivity contribution in [3.8, 4) is 5.69 Å². The van der Waals surface area contributed by atoms with E-state index in [4.69, 9.17) is 5.73 Å². The van der Waals surface area contributed by atoms with Gasteiger partial charge in [-0.3, -0.25) is 34.2 Å². The van der Waals surface area contributed by atoms with Gasteiger partial charge >= 0.3 is 0 Å². The van der Waals surface area contributed by atoms with Crippen molar-refractivity contribution in [3.63, 3.8) is 0 Å². The van der Waals surface area contributed by atoms with Crippen LogP contribution in [0.25, 0.3) is 16.6 Å². The van der Waals surface area contributed by atoms with Crippen molar-refractivity contribution in [3.05, 3.63) is 70.3 Å². The monoisotopic (exact) mass is 653 g/mol. The summed E-state index contributed by atoms with van der Waals surface area (Å²) in [6.45, 7) is 4.73. The van der Waals surface area contributed by atoms with E-state index in [0.717, 1.165) is 34.8 Å². The van der Waals surface area contributed by atoms with Gasteiger partial charge in [0.05, 0.1) is 23.0 Å². The number of anilines is 1. The fraction of sp³-hybridized carbons (Fsp3) is 0.406. The molecule has 0 radical (unpaired) electrons. The molecule has 3 aliphatic heterocycles. The number of amides is 4. The maximum absolute atomic E-state index is 13.5. The van der Waals surface area contributed by atoms with Crippen molar-refractivity contribution in [1.82, 2.24) is 45.1 Å². The van der Waals surface area contributed by atoms with E-state index >= 15 is 0 Å². The zero-order valence-electron chi connectivity index (χ0n) is 26.2. The van der Waals surface area contributed by atoms with Gasteiger partial charge in [-0.2, -0.15) is 4.68 Å². The number of carbonyl (C=O) groups is 4. The van der Waals surface area contributed by atoms with Crippen molar-refractivity contribution in [2.45, 2.75) is 38.3 Å². The number of hydrogen-bond donors (Lipinski definition) is 2. The molecule has 0 aliphatic carbocycles. The number of nitrogens with zero attached hydrogens (tertiary/aromatic N) is 9. The molecule has 5 heterocycles. The molecule has 1 unspecified atom stereocenters. The van der Waals surface area contributed by atoms with Gasteiger partial charge in [0.2, 0.25) is 17.7 Å². The molecule has 0 spiro atoms. The Labute approximate surface area is 274 Å². The van der Waals surface area contributed by atoms with Gasteiger partial charge in [-0.25, -0.2) is 4.68 Å². The Hall–Kier alpha value is -5.51. The Morgan fingerprint density at radius 1 is 0.854 bits per heavy atom. The molecule has 3 aliphatic rings. The molecule has 1 atom stereocenters. The van der Waals surface area contributed by atoms with Gasteiger partial charge in [-0.15, -0.1) is 10.2 Å². The Morgan fingerprint density at radius 2 is 1.58 bits per heavy atom. The van der Waals surface area contributed by atoms with E-state index in [2.05, 4.69) is 35.7 Å². The molecular formula is C32H35N11O5. The number of aromatic nitrogens is 6. The van der Waals surface area contributed by atoms with Gasteiger partial charge in [0.15, 0.2) is 0 Å². The Balaban J connectivity index is 0.917. The van der Waals surface area contributed by atoms with E-state index in [1.807, 2.05) is 17.2 Å².